The van der Waals surface area contributed by atoms with Crippen LogP contribution in [-0.4, -0.2) is 63.9 Å². The smallest absolute Gasteiger partial charge is 0.303 e. The van der Waals surface area contributed by atoms with Crippen LogP contribution in [0.5, 0.6) is 0 Å². The summed E-state index contributed by atoms with van der Waals surface area (Å²) in [6, 6.07) is 0. The molecule has 1 aromatic rings. The Hall–Kier alpha value is -2.53. The fourth-order valence-corrected chi connectivity index (χ4v) is 3.87. The largest absolute Gasteiger partial charge is 0.456 e. The van der Waals surface area contributed by atoms with Crippen molar-refractivity contribution in [2.75, 3.05) is 6.61 Å². The molecule has 1 aliphatic heterocycles. The molecule has 1 fully saturated rings. The molecular weight excluding hydrogens is 446 g/mol. The quantitative estimate of drug-likeness (QED) is 0.235. The van der Waals surface area contributed by atoms with E-state index in [1.807, 2.05) is 0 Å². The summed E-state index contributed by atoms with van der Waals surface area (Å²) in [5.41, 5.74) is 0.579. The van der Waals surface area contributed by atoms with Gasteiger partial charge in [0.15, 0.2) is 24.5 Å². The van der Waals surface area contributed by atoms with E-state index < -0.39 is 48.6 Å². The number of hydrogen-bond donors (Lipinski definition) is 0. The number of hydrogen-bond acceptors (Lipinski definition) is 10. The number of nitrogens with zero attached hydrogens (tertiary/aromatic N) is 3. The molecule has 1 saturated heterocycles. The molecule has 34 heavy (non-hydrogen) atoms. The average molecular weight is 484 g/mol. The molecule has 0 radical (unpaired) electrons. The van der Waals surface area contributed by atoms with Crippen molar-refractivity contribution in [3.63, 3.8) is 0 Å². The Labute approximate surface area is 200 Å². The van der Waals surface area contributed by atoms with E-state index in [4.69, 9.17) is 23.7 Å². The van der Waals surface area contributed by atoms with E-state index in [-0.39, 0.29) is 6.61 Å². The number of aromatic nitrogens is 3. The van der Waals surface area contributed by atoms with Crippen molar-refractivity contribution in [3.8, 4) is 0 Å². The van der Waals surface area contributed by atoms with Crippen molar-refractivity contribution in [2.24, 2.45) is 0 Å². The zero-order chi connectivity index (χ0) is 25.1. The maximum atomic E-state index is 11.8. The van der Waals surface area contributed by atoms with Crippen molar-refractivity contribution in [2.45, 2.75) is 110 Å². The molecule has 0 saturated carbocycles. The highest BCUT2D eigenvalue weighted by molar-refractivity contribution is 5.68. The van der Waals surface area contributed by atoms with Crippen molar-refractivity contribution in [3.05, 3.63) is 11.9 Å². The summed E-state index contributed by atoms with van der Waals surface area (Å²) in [5, 5.41) is 8.22. The first-order chi connectivity index (χ1) is 16.2. The number of ether oxygens (including phenoxy) is 5. The van der Waals surface area contributed by atoms with Gasteiger partial charge in [-0.05, 0) is 13.3 Å². The van der Waals surface area contributed by atoms with Crippen LogP contribution in [-0.2, 0) is 44.7 Å². The van der Waals surface area contributed by atoms with E-state index in [1.54, 1.807) is 13.1 Å². The predicted molar refractivity (Wildman–Crippen MR) is 119 cm³/mol. The van der Waals surface area contributed by atoms with E-state index in [0.717, 1.165) is 12.8 Å². The Morgan fingerprint density at radius 1 is 0.912 bits per heavy atom. The highest BCUT2D eigenvalue weighted by Crippen LogP contribution is 2.34. The lowest BCUT2D eigenvalue weighted by Gasteiger charge is -2.43. The topological polar surface area (TPSA) is 128 Å². The first-order valence-corrected chi connectivity index (χ1v) is 11.9. The van der Waals surface area contributed by atoms with Crippen LogP contribution in [0, 0.1) is 0 Å². The van der Waals surface area contributed by atoms with E-state index in [9.17, 15) is 14.4 Å². The van der Waals surface area contributed by atoms with E-state index in [1.165, 1.54) is 51.1 Å². The molecule has 0 aliphatic carbocycles. The fraction of sp³-hybridized carbons (Fsp3) is 0.783. The van der Waals surface area contributed by atoms with Gasteiger partial charge in [0.2, 0.25) is 0 Å². The van der Waals surface area contributed by atoms with E-state index >= 15 is 0 Å². The Kier molecular flexibility index (Phi) is 11.4. The van der Waals surface area contributed by atoms with Gasteiger partial charge >= 0.3 is 17.9 Å². The molecule has 11 heteroatoms. The summed E-state index contributed by atoms with van der Waals surface area (Å²) in [7, 11) is 0. The third-order valence-corrected chi connectivity index (χ3v) is 5.36. The Bertz CT molecular complexity index is 799. The minimum Gasteiger partial charge on any atom is -0.456 e. The van der Waals surface area contributed by atoms with Crippen LogP contribution in [0.3, 0.4) is 0 Å². The molecular formula is C23H37N3O8. The van der Waals surface area contributed by atoms with Gasteiger partial charge in [-0.25, -0.2) is 4.68 Å². The summed E-state index contributed by atoms with van der Waals surface area (Å²) in [6.45, 7) is 8.45. The number of carbonyl (C=O) groups is 3. The second-order valence-corrected chi connectivity index (χ2v) is 8.46. The Morgan fingerprint density at radius 3 is 2.15 bits per heavy atom. The third-order valence-electron chi connectivity index (χ3n) is 5.36. The summed E-state index contributed by atoms with van der Waals surface area (Å²) >= 11 is 0. The lowest BCUT2D eigenvalue weighted by Crippen LogP contribution is -2.58. The molecule has 0 unspecified atom stereocenters. The van der Waals surface area contributed by atoms with Gasteiger partial charge in [-0.15, -0.1) is 5.10 Å². The zero-order valence-corrected chi connectivity index (χ0v) is 20.7. The van der Waals surface area contributed by atoms with Gasteiger partial charge < -0.3 is 23.7 Å². The van der Waals surface area contributed by atoms with Gasteiger partial charge in [-0.3, -0.25) is 14.4 Å². The summed E-state index contributed by atoms with van der Waals surface area (Å²) in [6.07, 6.45) is 3.90. The van der Waals surface area contributed by atoms with Crippen LogP contribution in [0.25, 0.3) is 0 Å². The third kappa shape index (κ3) is 8.68. The van der Waals surface area contributed by atoms with Gasteiger partial charge in [-0.1, -0.05) is 44.2 Å². The van der Waals surface area contributed by atoms with Crippen molar-refractivity contribution in [1.82, 2.24) is 15.0 Å². The van der Waals surface area contributed by atoms with E-state index in [0.29, 0.717) is 12.3 Å². The van der Waals surface area contributed by atoms with Gasteiger partial charge in [0.1, 0.15) is 5.69 Å². The first kappa shape index (κ1) is 27.7. The second kappa shape index (κ2) is 14.0. The standard InChI is InChI=1S/C23H37N3O8/c1-6-7-8-9-10-11-12-30-14-19-13-26(25-24-19)23-22(34-18(5)29)21(33-17(4)28)20(15(2)31-23)32-16(3)27/h13,15,20-23H,6-12,14H2,1-5H3/t15-,20-,21+,22+,23+/m0/s1. The molecule has 1 aliphatic rings. The second-order valence-electron chi connectivity index (χ2n) is 8.46. The van der Waals surface area contributed by atoms with Crippen LogP contribution in [0.4, 0.5) is 0 Å². The Balaban J connectivity index is 2.07. The van der Waals surface area contributed by atoms with Crippen LogP contribution < -0.4 is 0 Å². The lowest BCUT2D eigenvalue weighted by atomic mass is 9.98. The normalized spacial score (nSPS) is 24.4. The number of esters is 3. The molecule has 5 atom stereocenters. The first-order valence-electron chi connectivity index (χ1n) is 11.9. The van der Waals surface area contributed by atoms with Gasteiger partial charge in [-0.2, -0.15) is 0 Å². The van der Waals surface area contributed by atoms with Gasteiger partial charge in [0, 0.05) is 27.4 Å². The van der Waals surface area contributed by atoms with Crippen molar-refractivity contribution in [1.29, 1.82) is 0 Å². The summed E-state index contributed by atoms with van der Waals surface area (Å²) < 4.78 is 29.3. The Morgan fingerprint density at radius 2 is 1.50 bits per heavy atom. The van der Waals surface area contributed by atoms with E-state index in [2.05, 4.69) is 17.2 Å². The SMILES string of the molecule is CCCCCCCCOCc1cn([C@@H]2O[C@@H](C)[C@H](OC(C)=O)[C@@H](OC(C)=O)[C@H]2OC(C)=O)nn1. The minimum atomic E-state index is -1.11. The average Bonchev–Trinajstić information content (AvgIpc) is 3.22. The molecule has 2 rings (SSSR count). The van der Waals surface area contributed by atoms with Crippen molar-refractivity contribution >= 4 is 17.9 Å². The molecule has 0 amide bonds. The monoisotopic (exact) mass is 483 g/mol. The summed E-state index contributed by atoms with van der Waals surface area (Å²) in [5.74, 6) is -1.81. The van der Waals surface area contributed by atoms with Gasteiger partial charge in [0.05, 0.1) is 18.9 Å². The minimum absolute atomic E-state index is 0.277. The lowest BCUT2D eigenvalue weighted by molar-refractivity contribution is -0.261. The molecule has 1 aromatic heterocycles. The molecule has 192 valence electrons. The molecule has 0 N–H and O–H groups in total. The maximum absolute atomic E-state index is 11.8. The number of carbonyl (C=O) groups excluding carboxylic acids is 3. The molecule has 11 nitrogen and oxygen atoms in total. The van der Waals surface area contributed by atoms with Crippen LogP contribution in [0.2, 0.25) is 0 Å². The molecule has 2 heterocycles. The number of rotatable bonds is 13. The molecule has 0 bridgehead atoms. The zero-order valence-electron chi connectivity index (χ0n) is 20.7. The summed E-state index contributed by atoms with van der Waals surface area (Å²) in [4.78, 5) is 35.2. The highest BCUT2D eigenvalue weighted by atomic mass is 16.7. The van der Waals surface area contributed by atoms with Crippen LogP contribution in [0.15, 0.2) is 6.20 Å². The maximum Gasteiger partial charge on any atom is 0.303 e. The molecule has 0 spiro atoms. The predicted octanol–water partition coefficient (Wildman–Crippen LogP) is 2.87. The fourth-order valence-electron chi connectivity index (χ4n) is 3.87. The number of unbranched alkanes of at least 4 members (excludes halogenated alkanes) is 5. The molecule has 0 aromatic carbocycles. The van der Waals surface area contributed by atoms with Crippen LogP contribution >= 0.6 is 0 Å². The van der Waals surface area contributed by atoms with Crippen molar-refractivity contribution < 1.29 is 38.1 Å². The van der Waals surface area contributed by atoms with Crippen LogP contribution in [0.1, 0.15) is 85.1 Å². The highest BCUT2D eigenvalue weighted by Gasteiger charge is 2.51. The van der Waals surface area contributed by atoms with Gasteiger partial charge in [0.25, 0.3) is 0 Å².